The Balaban J connectivity index is 2.68. The van der Waals surface area contributed by atoms with Gasteiger partial charge in [0.1, 0.15) is 5.75 Å². The molecule has 1 aromatic carbocycles. The number of anilines is 1. The van der Waals surface area contributed by atoms with Crippen LogP contribution in [0.25, 0.3) is 0 Å². The molecule has 108 valence electrons. The minimum absolute atomic E-state index is 0.669. The van der Waals surface area contributed by atoms with E-state index in [2.05, 4.69) is 11.8 Å². The van der Waals surface area contributed by atoms with E-state index in [9.17, 15) is 0 Å². The summed E-state index contributed by atoms with van der Waals surface area (Å²) in [5.74, 6) is 0.923. The van der Waals surface area contributed by atoms with Gasteiger partial charge in [-0.25, -0.2) is 0 Å². The van der Waals surface area contributed by atoms with Crippen LogP contribution in [-0.2, 0) is 11.3 Å². The van der Waals surface area contributed by atoms with Crippen molar-refractivity contribution >= 4 is 5.69 Å². The van der Waals surface area contributed by atoms with Crippen LogP contribution in [-0.4, -0.2) is 37.8 Å². The number of benzene rings is 1. The van der Waals surface area contributed by atoms with E-state index in [1.165, 1.54) is 0 Å². The maximum Gasteiger partial charge on any atom is 0.123 e. The SMILES string of the molecule is CCOCCN(CC)Cc1cc(N)ccc1OCC. The van der Waals surface area contributed by atoms with Gasteiger partial charge in [0.2, 0.25) is 0 Å². The molecule has 0 bridgehead atoms. The molecule has 0 unspecified atom stereocenters. The van der Waals surface area contributed by atoms with Crippen LogP contribution in [0.4, 0.5) is 5.69 Å². The lowest BCUT2D eigenvalue weighted by Gasteiger charge is -2.22. The lowest BCUT2D eigenvalue weighted by molar-refractivity contribution is 0.112. The highest BCUT2D eigenvalue weighted by atomic mass is 16.5. The summed E-state index contributed by atoms with van der Waals surface area (Å²) in [5, 5.41) is 0. The summed E-state index contributed by atoms with van der Waals surface area (Å²) in [6, 6.07) is 5.82. The van der Waals surface area contributed by atoms with E-state index in [1.54, 1.807) is 0 Å². The highest BCUT2D eigenvalue weighted by Crippen LogP contribution is 2.23. The monoisotopic (exact) mass is 266 g/mol. The third-order valence-electron chi connectivity index (χ3n) is 2.98. The Hall–Kier alpha value is -1.26. The fourth-order valence-electron chi connectivity index (χ4n) is 1.95. The van der Waals surface area contributed by atoms with Gasteiger partial charge in [-0.3, -0.25) is 4.90 Å². The molecule has 0 fully saturated rings. The van der Waals surface area contributed by atoms with Crippen LogP contribution in [0.1, 0.15) is 26.3 Å². The van der Waals surface area contributed by atoms with E-state index < -0.39 is 0 Å². The summed E-state index contributed by atoms with van der Waals surface area (Å²) in [5.41, 5.74) is 7.78. The van der Waals surface area contributed by atoms with Crippen LogP contribution >= 0.6 is 0 Å². The Kier molecular flexibility index (Phi) is 7.30. The van der Waals surface area contributed by atoms with E-state index in [1.807, 2.05) is 32.0 Å². The molecule has 0 radical (unpaired) electrons. The van der Waals surface area contributed by atoms with E-state index in [0.29, 0.717) is 6.61 Å². The molecule has 0 saturated carbocycles. The van der Waals surface area contributed by atoms with Crippen LogP contribution in [0.15, 0.2) is 18.2 Å². The second-order valence-corrected chi connectivity index (χ2v) is 4.37. The second kappa shape index (κ2) is 8.77. The smallest absolute Gasteiger partial charge is 0.123 e. The summed E-state index contributed by atoms with van der Waals surface area (Å²) < 4.78 is 11.1. The molecular weight excluding hydrogens is 240 g/mol. The lowest BCUT2D eigenvalue weighted by Crippen LogP contribution is -2.27. The van der Waals surface area contributed by atoms with Gasteiger partial charge in [0.25, 0.3) is 0 Å². The summed E-state index contributed by atoms with van der Waals surface area (Å²) in [6.45, 7) is 11.1. The topological polar surface area (TPSA) is 47.7 Å². The average Bonchev–Trinajstić information content (AvgIpc) is 2.41. The number of hydrogen-bond donors (Lipinski definition) is 1. The van der Waals surface area contributed by atoms with E-state index >= 15 is 0 Å². The number of nitrogens with two attached hydrogens (primary N) is 1. The van der Waals surface area contributed by atoms with Crippen LogP contribution in [0.5, 0.6) is 5.75 Å². The first kappa shape index (κ1) is 15.8. The zero-order valence-corrected chi connectivity index (χ0v) is 12.3. The molecule has 0 aliphatic heterocycles. The second-order valence-electron chi connectivity index (χ2n) is 4.37. The normalized spacial score (nSPS) is 10.9. The van der Waals surface area contributed by atoms with Gasteiger partial charge in [0, 0.05) is 30.9 Å². The van der Waals surface area contributed by atoms with Crippen molar-refractivity contribution in [2.45, 2.75) is 27.3 Å². The van der Waals surface area contributed by atoms with Crippen molar-refractivity contribution in [1.82, 2.24) is 4.90 Å². The maximum atomic E-state index is 5.86. The molecule has 4 nitrogen and oxygen atoms in total. The fourth-order valence-corrected chi connectivity index (χ4v) is 1.95. The van der Waals surface area contributed by atoms with Crippen molar-refractivity contribution in [2.24, 2.45) is 0 Å². The van der Waals surface area contributed by atoms with Gasteiger partial charge in [-0.05, 0) is 38.6 Å². The minimum Gasteiger partial charge on any atom is -0.494 e. The van der Waals surface area contributed by atoms with Crippen molar-refractivity contribution in [3.8, 4) is 5.75 Å². The summed E-state index contributed by atoms with van der Waals surface area (Å²) >= 11 is 0. The maximum absolute atomic E-state index is 5.86. The summed E-state index contributed by atoms with van der Waals surface area (Å²) in [4.78, 5) is 2.33. The molecule has 0 heterocycles. The summed E-state index contributed by atoms with van der Waals surface area (Å²) in [7, 11) is 0. The standard InChI is InChI=1S/C15H26N2O2/c1-4-17(9-10-18-5-2)12-13-11-14(16)7-8-15(13)19-6-3/h7-8,11H,4-6,9-10,12,16H2,1-3H3. The number of rotatable bonds is 9. The van der Waals surface area contributed by atoms with Gasteiger partial charge in [0.15, 0.2) is 0 Å². The number of likely N-dealkylation sites (N-methyl/N-ethyl adjacent to an activating group) is 1. The third-order valence-corrected chi connectivity index (χ3v) is 2.98. The first-order valence-electron chi connectivity index (χ1n) is 7.02. The number of ether oxygens (including phenoxy) is 2. The van der Waals surface area contributed by atoms with Crippen LogP contribution in [0, 0.1) is 0 Å². The first-order chi connectivity index (χ1) is 9.21. The molecule has 2 N–H and O–H groups in total. The largest absolute Gasteiger partial charge is 0.494 e. The van der Waals surface area contributed by atoms with E-state index in [0.717, 1.165) is 49.8 Å². The van der Waals surface area contributed by atoms with Crippen molar-refractivity contribution in [3.63, 3.8) is 0 Å². The molecule has 19 heavy (non-hydrogen) atoms. The van der Waals surface area contributed by atoms with E-state index in [4.69, 9.17) is 15.2 Å². The molecule has 0 aliphatic rings. The van der Waals surface area contributed by atoms with Crippen molar-refractivity contribution in [1.29, 1.82) is 0 Å². The average molecular weight is 266 g/mol. The number of nitrogens with zero attached hydrogens (tertiary/aromatic N) is 1. The Morgan fingerprint density at radius 2 is 1.95 bits per heavy atom. The Morgan fingerprint density at radius 3 is 2.58 bits per heavy atom. The molecule has 0 spiro atoms. The van der Waals surface area contributed by atoms with Gasteiger partial charge < -0.3 is 15.2 Å². The molecule has 0 amide bonds. The first-order valence-corrected chi connectivity index (χ1v) is 7.02. The van der Waals surface area contributed by atoms with Gasteiger partial charge in [-0.2, -0.15) is 0 Å². The predicted octanol–water partition coefficient (Wildman–Crippen LogP) is 2.53. The van der Waals surface area contributed by atoms with Crippen LogP contribution in [0.2, 0.25) is 0 Å². The Morgan fingerprint density at radius 1 is 1.16 bits per heavy atom. The number of nitrogen functional groups attached to an aromatic ring is 1. The molecule has 1 rings (SSSR count). The van der Waals surface area contributed by atoms with Gasteiger partial charge in [-0.1, -0.05) is 6.92 Å². The molecule has 0 aromatic heterocycles. The molecular formula is C15H26N2O2. The Labute approximate surface area is 116 Å². The highest BCUT2D eigenvalue weighted by Gasteiger charge is 2.09. The van der Waals surface area contributed by atoms with Crippen molar-refractivity contribution in [2.75, 3.05) is 38.6 Å². The Bertz CT molecular complexity index is 369. The van der Waals surface area contributed by atoms with E-state index in [-0.39, 0.29) is 0 Å². The molecule has 1 aromatic rings. The predicted molar refractivity (Wildman–Crippen MR) is 79.5 cm³/mol. The molecule has 0 aliphatic carbocycles. The fraction of sp³-hybridized carbons (Fsp3) is 0.600. The number of hydrogen-bond acceptors (Lipinski definition) is 4. The zero-order chi connectivity index (χ0) is 14.1. The zero-order valence-electron chi connectivity index (χ0n) is 12.3. The minimum atomic E-state index is 0.669. The van der Waals surface area contributed by atoms with Crippen molar-refractivity contribution < 1.29 is 9.47 Å². The molecule has 0 atom stereocenters. The molecule has 0 saturated heterocycles. The van der Waals surface area contributed by atoms with Crippen LogP contribution < -0.4 is 10.5 Å². The van der Waals surface area contributed by atoms with Crippen molar-refractivity contribution in [3.05, 3.63) is 23.8 Å². The van der Waals surface area contributed by atoms with Gasteiger partial charge in [0.05, 0.1) is 13.2 Å². The highest BCUT2D eigenvalue weighted by molar-refractivity contribution is 5.47. The van der Waals surface area contributed by atoms with Gasteiger partial charge in [-0.15, -0.1) is 0 Å². The molecule has 4 heteroatoms. The lowest BCUT2D eigenvalue weighted by atomic mass is 10.1. The quantitative estimate of drug-likeness (QED) is 0.551. The van der Waals surface area contributed by atoms with Crippen LogP contribution in [0.3, 0.4) is 0 Å². The van der Waals surface area contributed by atoms with Gasteiger partial charge >= 0.3 is 0 Å². The summed E-state index contributed by atoms with van der Waals surface area (Å²) in [6.07, 6.45) is 0. The third kappa shape index (κ3) is 5.49.